The lowest BCUT2D eigenvalue weighted by Gasteiger charge is -2.15. The molecule has 0 aliphatic heterocycles. The zero-order valence-corrected chi connectivity index (χ0v) is 9.05. The Balaban J connectivity index is 2.27. The van der Waals surface area contributed by atoms with Crippen molar-refractivity contribution in [3.63, 3.8) is 0 Å². The maximum Gasteiger partial charge on any atom is 0.223 e. The number of hydrogen-bond acceptors (Lipinski definition) is 1. The molecule has 3 nitrogen and oxygen atoms in total. The van der Waals surface area contributed by atoms with Gasteiger partial charge in [0.25, 0.3) is 0 Å². The van der Waals surface area contributed by atoms with Crippen LogP contribution in [0.3, 0.4) is 0 Å². The van der Waals surface area contributed by atoms with Gasteiger partial charge < -0.3 is 9.88 Å². The predicted molar refractivity (Wildman–Crippen MR) is 57.5 cm³/mol. The number of aromatic amines is 1. The highest BCUT2D eigenvalue weighted by molar-refractivity contribution is 6.18. The molecule has 1 aromatic rings. The van der Waals surface area contributed by atoms with E-state index in [1.54, 1.807) is 4.90 Å². The Bertz CT molecular complexity index is 272. The summed E-state index contributed by atoms with van der Waals surface area (Å²) in [6, 6.07) is 2.01. The molecule has 0 fully saturated rings. The quantitative estimate of drug-likeness (QED) is 0.744. The van der Waals surface area contributed by atoms with Gasteiger partial charge >= 0.3 is 0 Å². The Kier molecular flexibility index (Phi) is 4.53. The second-order valence-corrected chi connectivity index (χ2v) is 3.60. The van der Waals surface area contributed by atoms with Crippen LogP contribution >= 0.6 is 11.6 Å². The van der Waals surface area contributed by atoms with Crippen molar-refractivity contribution in [3.8, 4) is 0 Å². The smallest absolute Gasteiger partial charge is 0.223 e. The largest absolute Gasteiger partial charge is 0.367 e. The van der Waals surface area contributed by atoms with Crippen LogP contribution in [0, 0.1) is 0 Å². The number of hydrogen-bond donors (Lipinski definition) is 1. The van der Waals surface area contributed by atoms with Gasteiger partial charge in [-0.05, 0) is 18.1 Å². The molecule has 0 radical (unpaired) electrons. The minimum absolute atomic E-state index is 0.107. The number of rotatable bonds is 5. The van der Waals surface area contributed by atoms with Gasteiger partial charge in [0.1, 0.15) is 0 Å². The summed E-state index contributed by atoms with van der Waals surface area (Å²) in [5.74, 6) is 0.503. The predicted octanol–water partition coefficient (Wildman–Crippen LogP) is 1.64. The fourth-order valence-electron chi connectivity index (χ4n) is 1.21. The molecule has 0 aliphatic carbocycles. The number of alkyl halides is 1. The Morgan fingerprint density at radius 1 is 1.64 bits per heavy atom. The second kappa shape index (κ2) is 5.70. The summed E-state index contributed by atoms with van der Waals surface area (Å²) in [5, 5.41) is 0. The Labute approximate surface area is 89.1 Å². The molecular weight excluding hydrogens is 200 g/mol. The summed E-state index contributed by atoms with van der Waals surface area (Å²) >= 11 is 5.49. The molecule has 0 bridgehead atoms. The van der Waals surface area contributed by atoms with Gasteiger partial charge in [-0.1, -0.05) is 0 Å². The second-order valence-electron chi connectivity index (χ2n) is 3.22. The molecule has 1 N–H and O–H groups in total. The summed E-state index contributed by atoms with van der Waals surface area (Å²) in [6.07, 6.45) is 5.13. The first kappa shape index (κ1) is 11.1. The molecule has 14 heavy (non-hydrogen) atoms. The van der Waals surface area contributed by atoms with E-state index in [4.69, 9.17) is 11.6 Å². The highest BCUT2D eigenvalue weighted by atomic mass is 35.5. The van der Waals surface area contributed by atoms with Gasteiger partial charge in [-0.3, -0.25) is 4.79 Å². The Hall–Kier alpha value is -0.960. The lowest BCUT2D eigenvalue weighted by Crippen LogP contribution is -2.28. The first-order chi connectivity index (χ1) is 6.74. The molecule has 0 unspecified atom stereocenters. The minimum Gasteiger partial charge on any atom is -0.367 e. The van der Waals surface area contributed by atoms with Gasteiger partial charge in [-0.15, -0.1) is 11.6 Å². The lowest BCUT2D eigenvalue weighted by atomic mass is 10.2. The van der Waals surface area contributed by atoms with Crippen molar-refractivity contribution in [2.24, 2.45) is 0 Å². The summed E-state index contributed by atoms with van der Waals surface area (Å²) in [6.45, 7) is 0.744. The molecule has 1 rings (SSSR count). The van der Waals surface area contributed by atoms with Crippen molar-refractivity contribution in [3.05, 3.63) is 24.0 Å². The molecule has 0 saturated carbocycles. The van der Waals surface area contributed by atoms with Gasteiger partial charge in [-0.25, -0.2) is 0 Å². The van der Waals surface area contributed by atoms with Gasteiger partial charge in [0.2, 0.25) is 5.91 Å². The highest BCUT2D eigenvalue weighted by Gasteiger charge is 2.07. The number of nitrogens with zero attached hydrogens (tertiary/aromatic N) is 1. The SMILES string of the molecule is CN(CCc1cc[nH]c1)C(=O)CCCl. The maximum absolute atomic E-state index is 11.3. The number of carbonyl (C=O) groups is 1. The van der Waals surface area contributed by atoms with E-state index in [0.717, 1.165) is 13.0 Å². The maximum atomic E-state index is 11.3. The molecule has 0 spiro atoms. The molecule has 0 aromatic carbocycles. The topological polar surface area (TPSA) is 36.1 Å². The van der Waals surface area contributed by atoms with Gasteiger partial charge in [0.05, 0.1) is 0 Å². The third-order valence-corrected chi connectivity index (χ3v) is 2.32. The molecule has 1 amide bonds. The number of amides is 1. The Morgan fingerprint density at radius 2 is 2.43 bits per heavy atom. The summed E-state index contributed by atoms with van der Waals surface area (Å²) in [4.78, 5) is 16.0. The summed E-state index contributed by atoms with van der Waals surface area (Å²) < 4.78 is 0. The average molecular weight is 215 g/mol. The number of carbonyl (C=O) groups excluding carboxylic acids is 1. The van der Waals surface area contributed by atoms with Crippen LogP contribution in [0.4, 0.5) is 0 Å². The monoisotopic (exact) mass is 214 g/mol. The van der Waals surface area contributed by atoms with Gasteiger partial charge in [0.15, 0.2) is 0 Å². The van der Waals surface area contributed by atoms with E-state index in [1.807, 2.05) is 25.5 Å². The van der Waals surface area contributed by atoms with Crippen molar-refractivity contribution < 1.29 is 4.79 Å². The van der Waals surface area contributed by atoms with Crippen LogP contribution < -0.4 is 0 Å². The van der Waals surface area contributed by atoms with E-state index in [0.29, 0.717) is 12.3 Å². The van der Waals surface area contributed by atoms with Crippen LogP contribution in [0.15, 0.2) is 18.5 Å². The van der Waals surface area contributed by atoms with Crippen LogP contribution in [0.5, 0.6) is 0 Å². The number of likely N-dealkylation sites (N-methyl/N-ethyl adjacent to an activating group) is 1. The molecule has 4 heteroatoms. The van der Waals surface area contributed by atoms with Crippen molar-refractivity contribution >= 4 is 17.5 Å². The molecule has 78 valence electrons. The molecular formula is C10H15ClN2O. The zero-order valence-electron chi connectivity index (χ0n) is 8.29. The number of halogens is 1. The van der Waals surface area contributed by atoms with E-state index in [1.165, 1.54) is 5.56 Å². The number of aromatic nitrogens is 1. The van der Waals surface area contributed by atoms with Gasteiger partial charge in [-0.2, -0.15) is 0 Å². The van der Waals surface area contributed by atoms with Crippen LogP contribution in [0.2, 0.25) is 0 Å². The van der Waals surface area contributed by atoms with E-state index < -0.39 is 0 Å². The van der Waals surface area contributed by atoms with Crippen LogP contribution in [-0.4, -0.2) is 35.3 Å². The molecule has 1 aromatic heterocycles. The van der Waals surface area contributed by atoms with Crippen LogP contribution in [0.1, 0.15) is 12.0 Å². The van der Waals surface area contributed by atoms with Crippen molar-refractivity contribution in [1.29, 1.82) is 0 Å². The normalized spacial score (nSPS) is 10.1. The highest BCUT2D eigenvalue weighted by Crippen LogP contribution is 2.00. The number of H-pyrrole nitrogens is 1. The minimum atomic E-state index is 0.107. The van der Waals surface area contributed by atoms with E-state index >= 15 is 0 Å². The van der Waals surface area contributed by atoms with E-state index in [-0.39, 0.29) is 5.91 Å². The molecule has 0 atom stereocenters. The van der Waals surface area contributed by atoms with Crippen LogP contribution in [-0.2, 0) is 11.2 Å². The first-order valence-corrected chi connectivity index (χ1v) is 5.19. The standard InChI is InChI=1S/C10H15ClN2O/c1-13(10(14)2-5-11)7-4-9-3-6-12-8-9/h3,6,8,12H,2,4-5,7H2,1H3. The third kappa shape index (κ3) is 3.42. The lowest BCUT2D eigenvalue weighted by molar-refractivity contribution is -0.129. The fraction of sp³-hybridized carbons (Fsp3) is 0.500. The van der Waals surface area contributed by atoms with Crippen LogP contribution in [0.25, 0.3) is 0 Å². The van der Waals surface area contributed by atoms with Gasteiger partial charge in [0, 0.05) is 38.3 Å². The first-order valence-electron chi connectivity index (χ1n) is 4.65. The average Bonchev–Trinajstić information content (AvgIpc) is 2.67. The Morgan fingerprint density at radius 3 is 3.00 bits per heavy atom. The van der Waals surface area contributed by atoms with Crippen molar-refractivity contribution in [2.45, 2.75) is 12.8 Å². The zero-order chi connectivity index (χ0) is 10.4. The summed E-state index contributed by atoms with van der Waals surface area (Å²) in [7, 11) is 1.81. The molecule has 1 heterocycles. The summed E-state index contributed by atoms with van der Waals surface area (Å²) in [5.41, 5.74) is 1.22. The molecule has 0 aliphatic rings. The molecule has 0 saturated heterocycles. The third-order valence-electron chi connectivity index (χ3n) is 2.13. The number of nitrogens with one attached hydrogen (secondary N) is 1. The van der Waals surface area contributed by atoms with E-state index in [9.17, 15) is 4.79 Å². The van der Waals surface area contributed by atoms with Crippen molar-refractivity contribution in [1.82, 2.24) is 9.88 Å². The fourth-order valence-corrected chi connectivity index (χ4v) is 1.37. The van der Waals surface area contributed by atoms with E-state index in [2.05, 4.69) is 4.98 Å². The van der Waals surface area contributed by atoms with Crippen molar-refractivity contribution in [2.75, 3.05) is 19.5 Å².